The van der Waals surface area contributed by atoms with Crippen molar-refractivity contribution in [2.24, 2.45) is 0 Å². The number of anilines is 3. The molecule has 1 spiro atoms. The molecule has 3 heteroatoms. The monoisotopic (exact) mass is 734 g/mol. The van der Waals surface area contributed by atoms with Gasteiger partial charge in [-0.3, -0.25) is 0 Å². The van der Waals surface area contributed by atoms with Crippen molar-refractivity contribution in [1.29, 1.82) is 0 Å². The first-order valence-corrected chi connectivity index (χ1v) is 20.2. The highest BCUT2D eigenvalue weighted by Crippen LogP contribution is 2.63. The van der Waals surface area contributed by atoms with Gasteiger partial charge in [-0.25, -0.2) is 0 Å². The van der Waals surface area contributed by atoms with Crippen LogP contribution in [-0.4, -0.2) is 0 Å². The molecule has 2 aliphatic rings. The fraction of sp³-hybridized carbons (Fsp3) is 0.0566. The van der Waals surface area contributed by atoms with Crippen LogP contribution in [0.2, 0.25) is 0 Å². The zero-order valence-corrected chi connectivity index (χ0v) is 31.9. The molecular weight excluding hydrogens is 697 g/mol. The van der Waals surface area contributed by atoms with Crippen LogP contribution >= 0.6 is 11.3 Å². The number of benzene rings is 8. The minimum absolute atomic E-state index is 0.0120. The molecule has 1 unspecified atom stereocenters. The Bertz CT molecular complexity index is 2900. The number of hydrogen-bond donors (Lipinski definition) is 1. The Morgan fingerprint density at radius 3 is 1.75 bits per heavy atom. The summed E-state index contributed by atoms with van der Waals surface area (Å²) in [5.41, 5.74) is 16.7. The van der Waals surface area contributed by atoms with Gasteiger partial charge in [0.2, 0.25) is 0 Å². The summed E-state index contributed by atoms with van der Waals surface area (Å²) in [6.07, 6.45) is 0. The second-order valence-electron chi connectivity index (χ2n) is 15.0. The largest absolute Gasteiger partial charge is 0.378 e. The molecule has 0 radical (unpaired) electrons. The molecule has 266 valence electrons. The summed E-state index contributed by atoms with van der Waals surface area (Å²) in [5, 5.41) is 6.39. The summed E-state index contributed by atoms with van der Waals surface area (Å²) in [6, 6.07) is 69.1. The third kappa shape index (κ3) is 4.74. The molecule has 1 aliphatic heterocycles. The van der Waals surface area contributed by atoms with Gasteiger partial charge in [0.05, 0.1) is 22.8 Å². The van der Waals surface area contributed by atoms with Gasteiger partial charge in [-0.15, -0.1) is 11.3 Å². The van der Waals surface area contributed by atoms with Gasteiger partial charge in [-0.1, -0.05) is 164 Å². The molecule has 1 aliphatic carbocycles. The SMILES string of the molecule is C=C(NC(C)c1cc(N2c3ccccc3C3(c4ccccc4-c4ccccc43)c3ccccc32)cc2c1sc1ccccc12)c1ccc(-c2ccccc2)cc1. The number of rotatable bonds is 6. The lowest BCUT2D eigenvalue weighted by Gasteiger charge is -2.45. The van der Waals surface area contributed by atoms with Crippen LogP contribution in [0.1, 0.15) is 46.3 Å². The van der Waals surface area contributed by atoms with Gasteiger partial charge in [0.15, 0.2) is 0 Å². The van der Waals surface area contributed by atoms with E-state index in [-0.39, 0.29) is 6.04 Å². The van der Waals surface area contributed by atoms with Gasteiger partial charge >= 0.3 is 0 Å². The standard InChI is InChI=1S/C53H38N2S/c1-34(36-28-30-38(31-29-36)37-16-4-3-5-17-37)54-35(2)43-32-39(33-44-42-20-8-15-27-51(42)56-52(43)44)55-49-25-13-11-23-47(49)53(48-24-12-14-26-50(48)55)45-21-9-6-18-40(45)41-19-7-10-22-46(41)53/h3-33,35,54H,1H2,2H3. The molecule has 0 saturated heterocycles. The van der Waals surface area contributed by atoms with Gasteiger partial charge in [0.25, 0.3) is 0 Å². The van der Waals surface area contributed by atoms with Crippen LogP contribution in [0.3, 0.4) is 0 Å². The summed E-state index contributed by atoms with van der Waals surface area (Å²) < 4.78 is 2.59. The number of hydrogen-bond acceptors (Lipinski definition) is 3. The van der Waals surface area contributed by atoms with E-state index in [0.717, 1.165) is 16.9 Å². The first-order chi connectivity index (χ1) is 27.6. The van der Waals surface area contributed by atoms with Gasteiger partial charge in [0, 0.05) is 31.6 Å². The maximum atomic E-state index is 4.55. The van der Waals surface area contributed by atoms with Crippen LogP contribution in [0.25, 0.3) is 48.1 Å². The summed E-state index contributed by atoms with van der Waals surface area (Å²) in [6.45, 7) is 6.82. The smallest absolute Gasteiger partial charge is 0.0754 e. The Labute approximate surface area is 331 Å². The van der Waals surface area contributed by atoms with Crippen molar-refractivity contribution in [3.05, 3.63) is 228 Å². The van der Waals surface area contributed by atoms with Crippen LogP contribution in [-0.2, 0) is 5.41 Å². The first kappa shape index (κ1) is 32.7. The molecule has 1 N–H and O–H groups in total. The van der Waals surface area contributed by atoms with E-state index in [4.69, 9.17) is 0 Å². The molecule has 11 rings (SSSR count). The molecule has 1 atom stereocenters. The average molecular weight is 735 g/mol. The van der Waals surface area contributed by atoms with E-state index in [1.54, 1.807) is 0 Å². The molecule has 0 saturated carbocycles. The van der Waals surface area contributed by atoms with Crippen LogP contribution in [0.4, 0.5) is 17.1 Å². The quantitative estimate of drug-likeness (QED) is 0.183. The van der Waals surface area contributed by atoms with Gasteiger partial charge in [0.1, 0.15) is 0 Å². The summed E-state index contributed by atoms with van der Waals surface area (Å²) in [7, 11) is 0. The Kier molecular flexibility index (Phi) is 7.42. The number of nitrogens with one attached hydrogen (secondary N) is 1. The van der Waals surface area contributed by atoms with Crippen LogP contribution < -0.4 is 10.2 Å². The molecule has 1 aromatic heterocycles. The normalized spacial score (nSPS) is 13.9. The topological polar surface area (TPSA) is 15.3 Å². The van der Waals surface area contributed by atoms with Gasteiger partial charge in [-0.05, 0) is 92.9 Å². The Morgan fingerprint density at radius 1 is 0.554 bits per heavy atom. The van der Waals surface area contributed by atoms with E-state index in [0.29, 0.717) is 0 Å². The van der Waals surface area contributed by atoms with Crippen LogP contribution in [0.15, 0.2) is 195 Å². The maximum absolute atomic E-state index is 4.55. The predicted octanol–water partition coefficient (Wildman–Crippen LogP) is 14.2. The summed E-state index contributed by atoms with van der Waals surface area (Å²) in [5.74, 6) is 0. The van der Waals surface area contributed by atoms with Crippen molar-refractivity contribution in [3.8, 4) is 22.3 Å². The maximum Gasteiger partial charge on any atom is 0.0754 e. The highest BCUT2D eigenvalue weighted by Gasteiger charge is 2.51. The van der Waals surface area contributed by atoms with Crippen molar-refractivity contribution in [3.63, 3.8) is 0 Å². The lowest BCUT2D eigenvalue weighted by atomic mass is 9.64. The zero-order chi connectivity index (χ0) is 37.4. The lowest BCUT2D eigenvalue weighted by molar-refractivity contribution is 0.708. The minimum Gasteiger partial charge on any atom is -0.378 e. The van der Waals surface area contributed by atoms with E-state index in [1.165, 1.54) is 81.6 Å². The number of fused-ring (bicyclic) bond motifs is 12. The fourth-order valence-corrected chi connectivity index (χ4v) is 10.8. The second-order valence-corrected chi connectivity index (χ2v) is 16.1. The number of thiophene rings is 1. The van der Waals surface area contributed by atoms with Gasteiger partial charge < -0.3 is 10.2 Å². The Hall–Kier alpha value is -6.68. The van der Waals surface area contributed by atoms with Crippen molar-refractivity contribution in [1.82, 2.24) is 5.32 Å². The van der Waals surface area contributed by atoms with E-state index in [9.17, 15) is 0 Å². The van der Waals surface area contributed by atoms with E-state index >= 15 is 0 Å². The van der Waals surface area contributed by atoms with E-state index in [2.05, 4.69) is 212 Å². The number of para-hydroxylation sites is 2. The number of nitrogens with zero attached hydrogens (tertiary/aromatic N) is 1. The third-order valence-corrected chi connectivity index (χ3v) is 13.2. The van der Waals surface area contributed by atoms with Gasteiger partial charge in [-0.2, -0.15) is 0 Å². The molecule has 0 fully saturated rings. The Balaban J connectivity index is 1.08. The molecule has 9 aromatic rings. The lowest BCUT2D eigenvalue weighted by Crippen LogP contribution is -2.36. The third-order valence-electron chi connectivity index (χ3n) is 12.0. The van der Waals surface area contributed by atoms with Crippen molar-refractivity contribution < 1.29 is 0 Å². The van der Waals surface area contributed by atoms with Crippen molar-refractivity contribution in [2.75, 3.05) is 4.90 Å². The summed E-state index contributed by atoms with van der Waals surface area (Å²) in [4.78, 5) is 2.51. The highest BCUT2D eigenvalue weighted by molar-refractivity contribution is 7.26. The van der Waals surface area contributed by atoms with Crippen molar-refractivity contribution >= 4 is 54.3 Å². The molecule has 56 heavy (non-hydrogen) atoms. The molecule has 8 aromatic carbocycles. The molecule has 2 heterocycles. The fourth-order valence-electron chi connectivity index (χ4n) is 9.55. The van der Waals surface area contributed by atoms with Crippen LogP contribution in [0.5, 0.6) is 0 Å². The summed E-state index contributed by atoms with van der Waals surface area (Å²) >= 11 is 1.88. The van der Waals surface area contributed by atoms with E-state index in [1.807, 2.05) is 11.3 Å². The second kappa shape index (κ2) is 12.7. The molecule has 2 nitrogen and oxygen atoms in total. The average Bonchev–Trinajstić information content (AvgIpc) is 3.78. The highest BCUT2D eigenvalue weighted by atomic mass is 32.1. The van der Waals surface area contributed by atoms with Crippen LogP contribution in [0, 0.1) is 0 Å². The molecule has 0 amide bonds. The Morgan fingerprint density at radius 2 is 1.09 bits per heavy atom. The van der Waals surface area contributed by atoms with E-state index < -0.39 is 5.41 Å². The minimum atomic E-state index is -0.443. The predicted molar refractivity (Wildman–Crippen MR) is 237 cm³/mol. The van der Waals surface area contributed by atoms with Crippen molar-refractivity contribution in [2.45, 2.75) is 18.4 Å². The molecule has 0 bridgehead atoms. The molecular formula is C53H38N2S. The zero-order valence-electron chi connectivity index (χ0n) is 31.0. The first-order valence-electron chi connectivity index (χ1n) is 19.4.